The van der Waals surface area contributed by atoms with Gasteiger partial charge in [0, 0.05) is 12.6 Å². The lowest BCUT2D eigenvalue weighted by molar-refractivity contribution is -0.131. The van der Waals surface area contributed by atoms with E-state index in [1.54, 1.807) is 17.9 Å². The predicted octanol–water partition coefficient (Wildman–Crippen LogP) is 1.12. The van der Waals surface area contributed by atoms with Crippen LogP contribution in [0.5, 0.6) is 0 Å². The van der Waals surface area contributed by atoms with Crippen LogP contribution in [0.15, 0.2) is 22.7 Å². The fourth-order valence-electron chi connectivity index (χ4n) is 4.64. The van der Waals surface area contributed by atoms with Gasteiger partial charge in [-0.05, 0) is 33.0 Å². The Balaban J connectivity index is 1.42. The van der Waals surface area contributed by atoms with Gasteiger partial charge in [0.1, 0.15) is 11.4 Å². The van der Waals surface area contributed by atoms with Crippen molar-refractivity contribution >= 4 is 17.6 Å². The summed E-state index contributed by atoms with van der Waals surface area (Å²) in [4.78, 5) is 29.9. The van der Waals surface area contributed by atoms with E-state index < -0.39 is 17.4 Å². The van der Waals surface area contributed by atoms with E-state index in [1.165, 1.54) is 0 Å². The Morgan fingerprint density at radius 1 is 1.43 bits per heavy atom. The molecule has 1 N–H and O–H groups in total. The predicted molar refractivity (Wildman–Crippen MR) is 103 cm³/mol. The first-order valence-corrected chi connectivity index (χ1v) is 10.1. The van der Waals surface area contributed by atoms with E-state index in [2.05, 4.69) is 29.2 Å². The van der Waals surface area contributed by atoms with Crippen LogP contribution in [-0.4, -0.2) is 66.3 Å². The van der Waals surface area contributed by atoms with Crippen LogP contribution in [0.4, 0.5) is 5.82 Å². The highest BCUT2D eigenvalue weighted by Gasteiger charge is 2.67. The first-order chi connectivity index (χ1) is 13.5. The standard InChI is InChI=1S/C20H28N4O4/c1-4-23(5-2)10-6-9-21-18(25)16-14-7-8-20(27-14)12-24(19(26)17(16)20)15-11-13(3)28-22-15/h7-8,11,14,16-17H,4-6,9-10,12H2,1-3H3,(H,21,25)/t14-,16?,17?,20+/m0/s1. The number of hydrogen-bond acceptors (Lipinski definition) is 6. The number of nitrogens with one attached hydrogen (secondary N) is 1. The summed E-state index contributed by atoms with van der Waals surface area (Å²) in [5, 5.41) is 6.98. The van der Waals surface area contributed by atoms with Crippen molar-refractivity contribution in [2.24, 2.45) is 11.8 Å². The van der Waals surface area contributed by atoms with Gasteiger partial charge in [-0.15, -0.1) is 0 Å². The molecule has 0 radical (unpaired) electrons. The highest BCUT2D eigenvalue weighted by molar-refractivity contribution is 6.02. The van der Waals surface area contributed by atoms with E-state index in [9.17, 15) is 9.59 Å². The summed E-state index contributed by atoms with van der Waals surface area (Å²) >= 11 is 0. The first kappa shape index (κ1) is 19.1. The molecule has 3 aliphatic heterocycles. The Labute approximate surface area is 164 Å². The third-order valence-corrected chi connectivity index (χ3v) is 6.14. The smallest absolute Gasteiger partial charge is 0.235 e. The van der Waals surface area contributed by atoms with Gasteiger partial charge < -0.3 is 19.5 Å². The molecule has 2 unspecified atom stereocenters. The second-order valence-corrected chi connectivity index (χ2v) is 7.79. The maximum absolute atomic E-state index is 13.1. The average Bonchev–Trinajstić information content (AvgIpc) is 3.43. The number of nitrogens with zero attached hydrogens (tertiary/aromatic N) is 3. The molecule has 0 aromatic carbocycles. The molecule has 8 heteroatoms. The van der Waals surface area contributed by atoms with Gasteiger partial charge in [0.2, 0.25) is 11.8 Å². The topological polar surface area (TPSA) is 87.9 Å². The third-order valence-electron chi connectivity index (χ3n) is 6.14. The van der Waals surface area contributed by atoms with Crippen molar-refractivity contribution < 1.29 is 18.8 Å². The lowest BCUT2D eigenvalue weighted by atomic mass is 9.77. The Kier molecular flexibility index (Phi) is 5.01. The highest BCUT2D eigenvalue weighted by Crippen LogP contribution is 2.52. The molecule has 1 aromatic rings. The monoisotopic (exact) mass is 388 g/mol. The Morgan fingerprint density at radius 2 is 2.21 bits per heavy atom. The molecule has 2 saturated heterocycles. The van der Waals surface area contributed by atoms with Crippen molar-refractivity contribution in [3.05, 3.63) is 24.0 Å². The molecule has 28 heavy (non-hydrogen) atoms. The van der Waals surface area contributed by atoms with E-state index in [0.29, 0.717) is 24.7 Å². The van der Waals surface area contributed by atoms with Crippen LogP contribution in [0.1, 0.15) is 26.0 Å². The number of aromatic nitrogens is 1. The van der Waals surface area contributed by atoms with E-state index >= 15 is 0 Å². The number of fused-ring (bicyclic) bond motifs is 1. The van der Waals surface area contributed by atoms with Gasteiger partial charge in [0.15, 0.2) is 5.82 Å². The van der Waals surface area contributed by atoms with E-state index in [4.69, 9.17) is 9.26 Å². The zero-order valence-electron chi connectivity index (χ0n) is 16.7. The van der Waals surface area contributed by atoms with Crippen LogP contribution < -0.4 is 10.2 Å². The minimum Gasteiger partial charge on any atom is -0.360 e. The quantitative estimate of drug-likeness (QED) is 0.530. The SMILES string of the molecule is CCN(CC)CCCNC(=O)C1C2C(=O)N(c3cc(C)on3)C[C@]23C=C[C@@H]1O3. The van der Waals surface area contributed by atoms with Gasteiger partial charge in [-0.3, -0.25) is 14.5 Å². The largest absolute Gasteiger partial charge is 0.360 e. The average molecular weight is 388 g/mol. The van der Waals surface area contributed by atoms with Crippen LogP contribution in [0, 0.1) is 18.8 Å². The molecule has 1 aromatic heterocycles. The molecule has 1 spiro atoms. The van der Waals surface area contributed by atoms with E-state index in [0.717, 1.165) is 26.1 Å². The second kappa shape index (κ2) is 7.33. The van der Waals surface area contributed by atoms with Crippen molar-refractivity contribution in [3.63, 3.8) is 0 Å². The zero-order valence-corrected chi connectivity index (χ0v) is 16.7. The number of ether oxygens (including phenoxy) is 1. The summed E-state index contributed by atoms with van der Waals surface area (Å²) in [6, 6.07) is 1.73. The van der Waals surface area contributed by atoms with Crippen LogP contribution >= 0.6 is 0 Å². The fraction of sp³-hybridized carbons (Fsp3) is 0.650. The van der Waals surface area contributed by atoms with Crippen LogP contribution in [0.25, 0.3) is 0 Å². The molecule has 4 heterocycles. The van der Waals surface area contributed by atoms with Gasteiger partial charge in [0.05, 0.1) is 24.5 Å². The highest BCUT2D eigenvalue weighted by atomic mass is 16.5. The normalized spacial score (nSPS) is 30.5. The molecule has 152 valence electrons. The number of carbonyl (C=O) groups excluding carboxylic acids is 2. The molecular weight excluding hydrogens is 360 g/mol. The summed E-state index contributed by atoms with van der Waals surface area (Å²) < 4.78 is 11.2. The van der Waals surface area contributed by atoms with Gasteiger partial charge in [0.25, 0.3) is 0 Å². The molecule has 4 atom stereocenters. The Bertz CT molecular complexity index is 787. The molecule has 2 fully saturated rings. The molecule has 0 aliphatic carbocycles. The maximum Gasteiger partial charge on any atom is 0.235 e. The molecular formula is C20H28N4O4. The number of hydrogen-bond donors (Lipinski definition) is 1. The number of aryl methyl sites for hydroxylation is 1. The third kappa shape index (κ3) is 3.04. The summed E-state index contributed by atoms with van der Waals surface area (Å²) in [6.45, 7) is 9.97. The van der Waals surface area contributed by atoms with Crippen molar-refractivity contribution in [2.75, 3.05) is 37.6 Å². The van der Waals surface area contributed by atoms with Crippen molar-refractivity contribution in [1.82, 2.24) is 15.4 Å². The first-order valence-electron chi connectivity index (χ1n) is 10.1. The maximum atomic E-state index is 13.1. The summed E-state index contributed by atoms with van der Waals surface area (Å²) in [5.74, 6) is -0.118. The van der Waals surface area contributed by atoms with E-state index in [-0.39, 0.29) is 17.9 Å². The van der Waals surface area contributed by atoms with Gasteiger partial charge in [-0.2, -0.15) is 0 Å². The second-order valence-electron chi connectivity index (χ2n) is 7.79. The number of rotatable bonds is 8. The lowest BCUT2D eigenvalue weighted by Gasteiger charge is -2.23. The number of anilines is 1. The van der Waals surface area contributed by atoms with Crippen molar-refractivity contribution in [3.8, 4) is 0 Å². The number of amides is 2. The van der Waals surface area contributed by atoms with E-state index in [1.807, 2.05) is 12.2 Å². The molecule has 3 aliphatic rings. The molecule has 2 amide bonds. The van der Waals surface area contributed by atoms with Crippen LogP contribution in [0.3, 0.4) is 0 Å². The summed E-state index contributed by atoms with van der Waals surface area (Å²) in [6.07, 6.45) is 4.41. The van der Waals surface area contributed by atoms with Crippen LogP contribution in [-0.2, 0) is 14.3 Å². The summed E-state index contributed by atoms with van der Waals surface area (Å²) in [7, 11) is 0. The van der Waals surface area contributed by atoms with Crippen molar-refractivity contribution in [2.45, 2.75) is 38.9 Å². The van der Waals surface area contributed by atoms with Crippen LogP contribution in [0.2, 0.25) is 0 Å². The summed E-state index contributed by atoms with van der Waals surface area (Å²) in [5.41, 5.74) is -0.738. The van der Waals surface area contributed by atoms with Gasteiger partial charge in [-0.25, -0.2) is 0 Å². The van der Waals surface area contributed by atoms with Crippen molar-refractivity contribution in [1.29, 1.82) is 0 Å². The molecule has 2 bridgehead atoms. The van der Waals surface area contributed by atoms with Gasteiger partial charge in [-0.1, -0.05) is 31.2 Å². The minimum atomic E-state index is -0.738. The lowest BCUT2D eigenvalue weighted by Crippen LogP contribution is -2.44. The zero-order chi connectivity index (χ0) is 19.9. The Morgan fingerprint density at radius 3 is 2.89 bits per heavy atom. The fourth-order valence-corrected chi connectivity index (χ4v) is 4.64. The molecule has 0 saturated carbocycles. The number of carbonyl (C=O) groups is 2. The van der Waals surface area contributed by atoms with Gasteiger partial charge >= 0.3 is 0 Å². The molecule has 4 rings (SSSR count). The Hall–Kier alpha value is -2.19. The minimum absolute atomic E-state index is 0.104. The molecule has 8 nitrogen and oxygen atoms in total.